The van der Waals surface area contributed by atoms with Crippen molar-refractivity contribution in [3.05, 3.63) is 36.4 Å². The number of nitrogens with one attached hydrogen (secondary N) is 2. The first-order valence-corrected chi connectivity index (χ1v) is 5.19. The summed E-state index contributed by atoms with van der Waals surface area (Å²) < 4.78 is 5.39. The summed E-state index contributed by atoms with van der Waals surface area (Å²) in [5.41, 5.74) is 0.607. The number of hydrogen-bond acceptors (Lipinski definition) is 4. The lowest BCUT2D eigenvalue weighted by Gasteiger charge is -2.09. The maximum absolute atomic E-state index is 11.7. The molecule has 2 rings (SSSR count). The highest BCUT2D eigenvalue weighted by Crippen LogP contribution is 2.23. The Hall–Kier alpha value is -2.37. The van der Waals surface area contributed by atoms with E-state index in [0.717, 1.165) is 0 Å². The van der Waals surface area contributed by atoms with Gasteiger partial charge in [-0.3, -0.25) is 9.89 Å². The SMILES string of the molecule is CCOc1ccccc1NC(=O)c1ncn[nH]1. The highest BCUT2D eigenvalue weighted by Gasteiger charge is 2.11. The van der Waals surface area contributed by atoms with Gasteiger partial charge < -0.3 is 10.1 Å². The van der Waals surface area contributed by atoms with Crippen LogP contribution >= 0.6 is 0 Å². The van der Waals surface area contributed by atoms with Crippen molar-refractivity contribution in [1.29, 1.82) is 0 Å². The van der Waals surface area contributed by atoms with E-state index in [1.165, 1.54) is 6.33 Å². The summed E-state index contributed by atoms with van der Waals surface area (Å²) >= 11 is 0. The number of amides is 1. The monoisotopic (exact) mass is 232 g/mol. The van der Waals surface area contributed by atoms with Gasteiger partial charge in [-0.1, -0.05) is 12.1 Å². The fourth-order valence-corrected chi connectivity index (χ4v) is 1.35. The third kappa shape index (κ3) is 2.60. The molecule has 1 amide bonds. The molecule has 0 radical (unpaired) electrons. The van der Waals surface area contributed by atoms with Crippen LogP contribution in [0, 0.1) is 0 Å². The van der Waals surface area contributed by atoms with E-state index in [4.69, 9.17) is 4.74 Å². The van der Waals surface area contributed by atoms with Crippen molar-refractivity contribution in [3.63, 3.8) is 0 Å². The number of anilines is 1. The van der Waals surface area contributed by atoms with Crippen molar-refractivity contribution in [1.82, 2.24) is 15.2 Å². The van der Waals surface area contributed by atoms with E-state index in [1.54, 1.807) is 12.1 Å². The van der Waals surface area contributed by atoms with E-state index in [1.807, 2.05) is 19.1 Å². The third-order valence-corrected chi connectivity index (χ3v) is 2.07. The molecule has 0 spiro atoms. The third-order valence-electron chi connectivity index (χ3n) is 2.07. The fourth-order valence-electron chi connectivity index (χ4n) is 1.35. The molecule has 6 heteroatoms. The predicted octanol–water partition coefficient (Wildman–Crippen LogP) is 1.46. The summed E-state index contributed by atoms with van der Waals surface area (Å²) in [7, 11) is 0. The number of hydrogen-bond donors (Lipinski definition) is 2. The first-order chi connectivity index (χ1) is 8.31. The standard InChI is InChI=1S/C11H12N4O2/c1-2-17-9-6-4-3-5-8(9)14-11(16)10-12-7-13-15-10/h3-7H,2H2,1H3,(H,14,16)(H,12,13,15). The lowest BCUT2D eigenvalue weighted by atomic mass is 10.3. The molecule has 0 saturated heterocycles. The van der Waals surface area contributed by atoms with Crippen LogP contribution in [0.25, 0.3) is 0 Å². The number of carbonyl (C=O) groups excluding carboxylic acids is 1. The fraction of sp³-hybridized carbons (Fsp3) is 0.182. The van der Waals surface area contributed by atoms with Crippen LogP contribution < -0.4 is 10.1 Å². The van der Waals surface area contributed by atoms with Crippen LogP contribution in [0.15, 0.2) is 30.6 Å². The molecule has 0 aliphatic heterocycles. The minimum atomic E-state index is -0.352. The van der Waals surface area contributed by atoms with Gasteiger partial charge in [0.05, 0.1) is 12.3 Å². The van der Waals surface area contributed by atoms with Crippen LogP contribution in [-0.2, 0) is 0 Å². The van der Waals surface area contributed by atoms with Crippen LogP contribution in [-0.4, -0.2) is 27.7 Å². The quantitative estimate of drug-likeness (QED) is 0.836. The van der Waals surface area contributed by atoms with Crippen LogP contribution in [0.1, 0.15) is 17.5 Å². The molecule has 0 aliphatic rings. The number of benzene rings is 1. The zero-order valence-electron chi connectivity index (χ0n) is 9.30. The van der Waals surface area contributed by atoms with Crippen molar-refractivity contribution >= 4 is 11.6 Å². The van der Waals surface area contributed by atoms with E-state index in [9.17, 15) is 4.79 Å². The van der Waals surface area contributed by atoms with Gasteiger partial charge in [-0.05, 0) is 19.1 Å². The second-order valence-corrected chi connectivity index (χ2v) is 3.22. The highest BCUT2D eigenvalue weighted by molar-refractivity contribution is 6.02. The van der Waals surface area contributed by atoms with Crippen molar-refractivity contribution in [2.45, 2.75) is 6.92 Å². The van der Waals surface area contributed by atoms with E-state index < -0.39 is 0 Å². The minimum absolute atomic E-state index is 0.163. The van der Waals surface area contributed by atoms with Crippen LogP contribution in [0.4, 0.5) is 5.69 Å². The van der Waals surface area contributed by atoms with Gasteiger partial charge in [0, 0.05) is 0 Å². The first-order valence-electron chi connectivity index (χ1n) is 5.19. The Balaban J connectivity index is 2.15. The van der Waals surface area contributed by atoms with E-state index in [2.05, 4.69) is 20.5 Å². The Morgan fingerprint density at radius 1 is 1.47 bits per heavy atom. The molecule has 6 nitrogen and oxygen atoms in total. The zero-order chi connectivity index (χ0) is 12.1. The topological polar surface area (TPSA) is 79.9 Å². The van der Waals surface area contributed by atoms with Gasteiger partial charge in [-0.2, -0.15) is 5.10 Å². The van der Waals surface area contributed by atoms with Gasteiger partial charge in [0.2, 0.25) is 5.82 Å². The molecule has 0 unspecified atom stereocenters. The number of carbonyl (C=O) groups is 1. The van der Waals surface area contributed by atoms with Gasteiger partial charge >= 0.3 is 0 Å². The van der Waals surface area contributed by atoms with Crippen molar-refractivity contribution in [2.75, 3.05) is 11.9 Å². The van der Waals surface area contributed by atoms with Gasteiger partial charge in [0.15, 0.2) is 0 Å². The van der Waals surface area contributed by atoms with Gasteiger partial charge in [-0.15, -0.1) is 0 Å². The Morgan fingerprint density at radius 2 is 2.29 bits per heavy atom. The number of para-hydroxylation sites is 2. The van der Waals surface area contributed by atoms with Crippen molar-refractivity contribution in [3.8, 4) is 5.75 Å². The molecular formula is C11H12N4O2. The van der Waals surface area contributed by atoms with E-state index in [0.29, 0.717) is 18.0 Å². The number of aromatic amines is 1. The maximum atomic E-state index is 11.7. The summed E-state index contributed by atoms with van der Waals surface area (Å²) in [6.45, 7) is 2.42. The molecule has 2 N–H and O–H groups in total. The van der Waals surface area contributed by atoms with E-state index >= 15 is 0 Å². The van der Waals surface area contributed by atoms with Crippen LogP contribution in [0.2, 0.25) is 0 Å². The summed E-state index contributed by atoms with van der Waals surface area (Å²) in [6, 6.07) is 7.21. The van der Waals surface area contributed by atoms with Gasteiger partial charge in [0.25, 0.3) is 5.91 Å². The molecular weight excluding hydrogens is 220 g/mol. The molecule has 0 bridgehead atoms. The molecule has 0 atom stereocenters. The molecule has 1 heterocycles. The highest BCUT2D eigenvalue weighted by atomic mass is 16.5. The largest absolute Gasteiger partial charge is 0.492 e. The van der Waals surface area contributed by atoms with Crippen molar-refractivity contribution in [2.24, 2.45) is 0 Å². The average Bonchev–Trinajstić information content (AvgIpc) is 2.85. The lowest BCUT2D eigenvalue weighted by molar-refractivity contribution is 0.101. The maximum Gasteiger partial charge on any atom is 0.293 e. The van der Waals surface area contributed by atoms with Crippen molar-refractivity contribution < 1.29 is 9.53 Å². The van der Waals surface area contributed by atoms with Gasteiger partial charge in [0.1, 0.15) is 12.1 Å². The molecule has 2 aromatic rings. The molecule has 0 saturated carbocycles. The Kier molecular flexibility index (Phi) is 3.34. The number of rotatable bonds is 4. The summed E-state index contributed by atoms with van der Waals surface area (Å²) in [6.07, 6.45) is 1.28. The smallest absolute Gasteiger partial charge is 0.293 e. The zero-order valence-corrected chi connectivity index (χ0v) is 9.30. The summed E-state index contributed by atoms with van der Waals surface area (Å²) in [5, 5.41) is 8.81. The second kappa shape index (κ2) is 5.11. The molecule has 0 fully saturated rings. The number of aromatic nitrogens is 3. The Labute approximate surface area is 98.0 Å². The Bertz CT molecular complexity index is 496. The summed E-state index contributed by atoms with van der Waals surface area (Å²) in [4.78, 5) is 15.5. The molecule has 88 valence electrons. The summed E-state index contributed by atoms with van der Waals surface area (Å²) in [5.74, 6) is 0.439. The first kappa shape index (κ1) is 11.1. The van der Waals surface area contributed by atoms with Crippen LogP contribution in [0.3, 0.4) is 0 Å². The van der Waals surface area contributed by atoms with Crippen LogP contribution in [0.5, 0.6) is 5.75 Å². The molecule has 1 aromatic heterocycles. The minimum Gasteiger partial charge on any atom is -0.492 e. The number of H-pyrrole nitrogens is 1. The molecule has 0 aliphatic carbocycles. The second-order valence-electron chi connectivity index (χ2n) is 3.22. The normalized spacial score (nSPS) is 9.94. The Morgan fingerprint density at radius 3 is 3.00 bits per heavy atom. The van der Waals surface area contributed by atoms with Gasteiger partial charge in [-0.25, -0.2) is 4.98 Å². The molecule has 17 heavy (non-hydrogen) atoms. The number of ether oxygens (including phenoxy) is 1. The number of nitrogens with zero attached hydrogens (tertiary/aromatic N) is 2. The predicted molar refractivity (Wildman–Crippen MR) is 61.9 cm³/mol. The lowest BCUT2D eigenvalue weighted by Crippen LogP contribution is -2.14. The average molecular weight is 232 g/mol. The molecule has 1 aromatic carbocycles. The van der Waals surface area contributed by atoms with E-state index in [-0.39, 0.29) is 11.7 Å².